The molecule has 3 aromatic rings. The SMILES string of the molecule is COc1ccc(NC(=O)Nc2ccc3c(c2)C(=O)N([C@H](C)CO)C[C@@H](C)[C@@H](CN(C)Cc2ccc4c(c2)OCO4)OCCCC[C@H](C)O3)cc1. The lowest BCUT2D eigenvalue weighted by molar-refractivity contribution is -0.0177. The number of anilines is 2. The predicted molar refractivity (Wildman–Crippen MR) is 191 cm³/mol. The third kappa shape index (κ3) is 9.80. The second kappa shape index (κ2) is 17.4. The van der Waals surface area contributed by atoms with Crippen LogP contribution in [0.2, 0.25) is 0 Å². The molecule has 0 unspecified atom stereocenters. The molecule has 0 bridgehead atoms. The highest BCUT2D eigenvalue weighted by atomic mass is 16.7. The number of fused-ring (bicyclic) bond motifs is 2. The van der Waals surface area contributed by atoms with Gasteiger partial charge < -0.3 is 44.3 Å². The summed E-state index contributed by atoms with van der Waals surface area (Å²) in [7, 11) is 3.63. The van der Waals surface area contributed by atoms with Gasteiger partial charge in [0.1, 0.15) is 11.5 Å². The Morgan fingerprint density at radius 3 is 2.48 bits per heavy atom. The molecule has 12 heteroatoms. The number of carbonyl (C=O) groups is 2. The number of nitrogens with zero attached hydrogens (tertiary/aromatic N) is 2. The van der Waals surface area contributed by atoms with Crippen LogP contribution in [0.1, 0.15) is 56.0 Å². The van der Waals surface area contributed by atoms with Crippen LogP contribution in [0.15, 0.2) is 60.7 Å². The predicted octanol–water partition coefficient (Wildman–Crippen LogP) is 6.00. The fourth-order valence-corrected chi connectivity index (χ4v) is 6.15. The van der Waals surface area contributed by atoms with Crippen LogP contribution in [-0.2, 0) is 11.3 Å². The molecule has 12 nitrogen and oxygen atoms in total. The second-order valence-electron chi connectivity index (χ2n) is 13.2. The number of aliphatic hydroxyl groups excluding tert-OH is 1. The van der Waals surface area contributed by atoms with E-state index in [2.05, 4.69) is 29.5 Å². The van der Waals surface area contributed by atoms with Crippen molar-refractivity contribution in [1.29, 1.82) is 0 Å². The van der Waals surface area contributed by atoms with Crippen LogP contribution in [0.3, 0.4) is 0 Å². The summed E-state index contributed by atoms with van der Waals surface area (Å²) in [6.07, 6.45) is 2.21. The van der Waals surface area contributed by atoms with Crippen molar-refractivity contribution < 1.29 is 38.4 Å². The molecule has 3 N–H and O–H groups in total. The lowest BCUT2D eigenvalue weighted by atomic mass is 10.0. The smallest absolute Gasteiger partial charge is 0.323 e. The number of hydrogen-bond acceptors (Lipinski definition) is 9. The Balaban J connectivity index is 1.35. The number of nitrogens with one attached hydrogen (secondary N) is 2. The third-order valence-electron chi connectivity index (χ3n) is 9.04. The molecular weight excluding hydrogens is 640 g/mol. The maximum absolute atomic E-state index is 14.4. The zero-order valence-electron chi connectivity index (χ0n) is 29.6. The fraction of sp³-hybridized carbons (Fsp3) is 0.474. The minimum absolute atomic E-state index is 0.0741. The molecule has 3 amide bonds. The Bertz CT molecular complexity index is 1590. The quantitative estimate of drug-likeness (QED) is 0.248. The number of methoxy groups -OCH3 is 1. The third-order valence-corrected chi connectivity index (χ3v) is 9.04. The Morgan fingerprint density at radius 1 is 1.00 bits per heavy atom. The van der Waals surface area contributed by atoms with Crippen molar-refractivity contribution in [3.63, 3.8) is 0 Å². The number of ether oxygens (including phenoxy) is 5. The molecule has 0 saturated carbocycles. The van der Waals surface area contributed by atoms with E-state index in [9.17, 15) is 14.7 Å². The first-order chi connectivity index (χ1) is 24.1. The van der Waals surface area contributed by atoms with Crippen molar-refractivity contribution in [2.45, 2.75) is 64.8 Å². The van der Waals surface area contributed by atoms with Crippen molar-refractivity contribution in [3.8, 4) is 23.0 Å². The van der Waals surface area contributed by atoms with Crippen LogP contribution in [-0.4, -0.2) is 92.3 Å². The fourth-order valence-electron chi connectivity index (χ4n) is 6.15. The van der Waals surface area contributed by atoms with E-state index < -0.39 is 12.1 Å². The number of rotatable bonds is 9. The highest BCUT2D eigenvalue weighted by Crippen LogP contribution is 2.33. The second-order valence-corrected chi connectivity index (χ2v) is 13.2. The standard InChI is InChI=1S/C38H50N4O8/c1-25-20-42(26(2)23-43)37(44)32-19-30(40-38(45)39-29-10-13-31(46-5)14-11-29)12-16-33(32)50-27(3)8-6-7-17-47-36(25)22-41(4)21-28-9-15-34-35(18-28)49-24-48-34/h9-16,18-19,25-27,36,43H,6-8,17,20-24H2,1-5H3,(H2,39,40,45)/t25-,26-,27+,36-/m1/s1. The Kier molecular flexibility index (Phi) is 12.8. The summed E-state index contributed by atoms with van der Waals surface area (Å²) in [4.78, 5) is 31.2. The molecule has 2 aliphatic heterocycles. The molecule has 0 aromatic heterocycles. The van der Waals surface area contributed by atoms with Gasteiger partial charge in [-0.3, -0.25) is 9.69 Å². The summed E-state index contributed by atoms with van der Waals surface area (Å²) in [6, 6.07) is 17.1. The molecule has 3 aromatic carbocycles. The van der Waals surface area contributed by atoms with Crippen molar-refractivity contribution in [1.82, 2.24) is 9.80 Å². The summed E-state index contributed by atoms with van der Waals surface area (Å²) in [5.74, 6) is 2.24. The molecule has 0 spiro atoms. The van der Waals surface area contributed by atoms with E-state index in [1.165, 1.54) is 0 Å². The highest BCUT2D eigenvalue weighted by Gasteiger charge is 2.30. The van der Waals surface area contributed by atoms with Gasteiger partial charge >= 0.3 is 6.03 Å². The molecular formula is C38H50N4O8. The average Bonchev–Trinajstić information content (AvgIpc) is 3.58. The van der Waals surface area contributed by atoms with Crippen molar-refractivity contribution >= 4 is 23.3 Å². The maximum Gasteiger partial charge on any atom is 0.323 e. The molecule has 2 aliphatic rings. The van der Waals surface area contributed by atoms with Crippen molar-refractivity contribution in [2.24, 2.45) is 5.92 Å². The van der Waals surface area contributed by atoms with E-state index >= 15 is 0 Å². The van der Waals surface area contributed by atoms with E-state index in [1.54, 1.807) is 54.5 Å². The molecule has 4 atom stereocenters. The van der Waals surface area contributed by atoms with Gasteiger partial charge in [0.25, 0.3) is 5.91 Å². The Labute approximate surface area is 294 Å². The van der Waals surface area contributed by atoms with Crippen LogP contribution in [0.25, 0.3) is 0 Å². The van der Waals surface area contributed by atoms with Gasteiger partial charge in [0.05, 0.1) is 37.5 Å². The number of amides is 3. The van der Waals surface area contributed by atoms with Crippen LogP contribution >= 0.6 is 0 Å². The zero-order valence-corrected chi connectivity index (χ0v) is 29.6. The van der Waals surface area contributed by atoms with E-state index in [4.69, 9.17) is 23.7 Å². The normalized spacial score (nSPS) is 20.3. The van der Waals surface area contributed by atoms with Gasteiger partial charge in [0.2, 0.25) is 6.79 Å². The summed E-state index contributed by atoms with van der Waals surface area (Å²) < 4.78 is 29.1. The number of likely N-dealkylation sites (N-methyl/N-ethyl adjacent to an activating group) is 1. The van der Waals surface area contributed by atoms with Gasteiger partial charge in [-0.25, -0.2) is 4.79 Å². The van der Waals surface area contributed by atoms with Crippen molar-refractivity contribution in [2.75, 3.05) is 57.9 Å². The number of hydrogen-bond donors (Lipinski definition) is 3. The first kappa shape index (κ1) is 36.8. The first-order valence-corrected chi connectivity index (χ1v) is 17.3. The molecule has 0 saturated heterocycles. The van der Waals surface area contributed by atoms with Gasteiger partial charge in [-0.2, -0.15) is 0 Å². The minimum atomic E-state index is -0.481. The minimum Gasteiger partial charge on any atom is -0.497 e. The Hall–Kier alpha value is -4.52. The van der Waals surface area contributed by atoms with Gasteiger partial charge in [-0.05, 0) is 100 Å². The maximum atomic E-state index is 14.4. The lowest BCUT2D eigenvalue weighted by Crippen LogP contribution is -2.47. The van der Waals surface area contributed by atoms with Gasteiger partial charge in [0, 0.05) is 43.5 Å². The largest absolute Gasteiger partial charge is 0.497 e. The highest BCUT2D eigenvalue weighted by molar-refractivity contribution is 6.02. The lowest BCUT2D eigenvalue weighted by Gasteiger charge is -2.36. The monoisotopic (exact) mass is 690 g/mol. The number of aliphatic hydroxyl groups is 1. The van der Waals surface area contributed by atoms with Crippen LogP contribution in [0, 0.1) is 5.92 Å². The summed E-state index contributed by atoms with van der Waals surface area (Å²) >= 11 is 0. The zero-order chi connectivity index (χ0) is 35.6. The van der Waals surface area contributed by atoms with Gasteiger partial charge in [-0.1, -0.05) is 13.0 Å². The van der Waals surface area contributed by atoms with Gasteiger partial charge in [0.15, 0.2) is 11.5 Å². The molecule has 50 heavy (non-hydrogen) atoms. The molecule has 0 aliphatic carbocycles. The molecule has 0 fully saturated rings. The molecule has 0 radical (unpaired) electrons. The van der Waals surface area contributed by atoms with Crippen molar-refractivity contribution in [3.05, 3.63) is 71.8 Å². The van der Waals surface area contributed by atoms with Gasteiger partial charge in [-0.15, -0.1) is 0 Å². The molecule has 2 heterocycles. The summed E-state index contributed by atoms with van der Waals surface area (Å²) in [6.45, 7) is 8.15. The van der Waals surface area contributed by atoms with E-state index in [0.29, 0.717) is 54.7 Å². The molecule has 5 rings (SSSR count). The topological polar surface area (TPSA) is 131 Å². The number of benzene rings is 3. The summed E-state index contributed by atoms with van der Waals surface area (Å²) in [5.41, 5.74) is 2.42. The number of carbonyl (C=O) groups excluding carboxylic acids is 2. The number of urea groups is 1. The van der Waals surface area contributed by atoms with Crippen LogP contribution in [0.4, 0.5) is 16.2 Å². The van der Waals surface area contributed by atoms with E-state index in [0.717, 1.165) is 36.3 Å². The van der Waals surface area contributed by atoms with Crippen LogP contribution in [0.5, 0.6) is 23.0 Å². The van der Waals surface area contributed by atoms with E-state index in [1.807, 2.05) is 32.0 Å². The molecule has 270 valence electrons. The van der Waals surface area contributed by atoms with E-state index in [-0.39, 0.29) is 37.4 Å². The Morgan fingerprint density at radius 2 is 1.72 bits per heavy atom. The average molecular weight is 691 g/mol. The first-order valence-electron chi connectivity index (χ1n) is 17.3. The summed E-state index contributed by atoms with van der Waals surface area (Å²) in [5, 5.41) is 15.9. The van der Waals surface area contributed by atoms with Crippen LogP contribution < -0.4 is 29.6 Å².